The Labute approximate surface area is 184 Å². The number of halogens is 2. The monoisotopic (exact) mass is 553 g/mol. The van der Waals surface area contributed by atoms with Gasteiger partial charge in [0.05, 0.1) is 9.48 Å². The van der Waals surface area contributed by atoms with Crippen molar-refractivity contribution in [2.75, 3.05) is 39.3 Å². The fourth-order valence-electron chi connectivity index (χ4n) is 2.85. The highest BCUT2D eigenvalue weighted by Crippen LogP contribution is 2.22. The van der Waals surface area contributed by atoms with Gasteiger partial charge in [-0.05, 0) is 35.0 Å². The Balaban J connectivity index is 0.00000243. The molecule has 0 radical (unpaired) electrons. The number of hydrogen-bond donors (Lipinski definition) is 1. The zero-order valence-electron chi connectivity index (χ0n) is 14.9. The summed E-state index contributed by atoms with van der Waals surface area (Å²) in [6, 6.07) is 6.20. The van der Waals surface area contributed by atoms with Crippen molar-refractivity contribution in [3.63, 3.8) is 0 Å². The molecule has 0 spiro atoms. The molecule has 0 unspecified atom stereocenters. The minimum atomic E-state index is 0. The Morgan fingerprint density at radius 3 is 2.73 bits per heavy atom. The molecule has 6 nitrogen and oxygen atoms in total. The second kappa shape index (κ2) is 11.3. The molecular formula is C17H25BrIN5OS. The molecule has 0 aromatic carbocycles. The molecule has 0 atom stereocenters. The van der Waals surface area contributed by atoms with Gasteiger partial charge < -0.3 is 14.7 Å². The normalized spacial score (nSPS) is 15.8. The minimum Gasteiger partial charge on any atom is -0.364 e. The Bertz CT molecular complexity index is 671. The van der Waals surface area contributed by atoms with Crippen molar-refractivity contribution < 1.29 is 4.52 Å². The lowest BCUT2D eigenvalue weighted by Crippen LogP contribution is -2.52. The number of nitrogens with zero attached hydrogens (tertiary/aromatic N) is 4. The zero-order valence-corrected chi connectivity index (χ0v) is 19.6. The van der Waals surface area contributed by atoms with Crippen molar-refractivity contribution in [3.8, 4) is 0 Å². The number of thiophene rings is 1. The summed E-state index contributed by atoms with van der Waals surface area (Å²) in [6.45, 7) is 8.65. The fourth-order valence-corrected chi connectivity index (χ4v) is 4.32. The van der Waals surface area contributed by atoms with Crippen LogP contribution in [0.25, 0.3) is 0 Å². The first kappa shape index (κ1) is 21.6. The predicted molar refractivity (Wildman–Crippen MR) is 120 cm³/mol. The highest BCUT2D eigenvalue weighted by Gasteiger charge is 2.20. The number of piperazine rings is 1. The van der Waals surface area contributed by atoms with E-state index < -0.39 is 0 Å². The van der Waals surface area contributed by atoms with E-state index in [1.165, 1.54) is 8.66 Å². The third-order valence-electron chi connectivity index (χ3n) is 4.13. The highest BCUT2D eigenvalue weighted by molar-refractivity contribution is 14.0. The lowest BCUT2D eigenvalue weighted by Gasteiger charge is -2.36. The maximum Gasteiger partial charge on any atom is 0.194 e. The second-order valence-corrected chi connectivity index (χ2v) is 8.49. The fraction of sp³-hybridized carbons (Fsp3) is 0.529. The van der Waals surface area contributed by atoms with E-state index in [9.17, 15) is 0 Å². The zero-order chi connectivity index (χ0) is 17.5. The SMILES string of the molecule is CCNC(=NCCc1ccc(Br)s1)N1CCN(Cc2ccon2)CC1.I. The van der Waals surface area contributed by atoms with E-state index in [1.807, 2.05) is 6.07 Å². The van der Waals surface area contributed by atoms with Gasteiger partial charge in [0, 0.05) is 63.2 Å². The van der Waals surface area contributed by atoms with Crippen LogP contribution >= 0.6 is 51.2 Å². The molecule has 1 fully saturated rings. The molecule has 1 aliphatic heterocycles. The molecule has 3 rings (SSSR count). The summed E-state index contributed by atoms with van der Waals surface area (Å²) in [6.07, 6.45) is 2.62. The third kappa shape index (κ3) is 6.50. The van der Waals surface area contributed by atoms with E-state index in [0.29, 0.717) is 0 Å². The molecule has 9 heteroatoms. The minimum absolute atomic E-state index is 0. The summed E-state index contributed by atoms with van der Waals surface area (Å²) in [7, 11) is 0. The van der Waals surface area contributed by atoms with Crippen LogP contribution in [0.15, 0.2) is 37.8 Å². The van der Waals surface area contributed by atoms with Gasteiger partial charge in [0.1, 0.15) is 6.26 Å². The predicted octanol–water partition coefficient (Wildman–Crippen LogP) is 3.44. The largest absolute Gasteiger partial charge is 0.364 e. The van der Waals surface area contributed by atoms with Crippen LogP contribution in [-0.2, 0) is 13.0 Å². The van der Waals surface area contributed by atoms with Crippen LogP contribution in [0, 0.1) is 0 Å². The Morgan fingerprint density at radius 1 is 1.31 bits per heavy atom. The quantitative estimate of drug-likeness (QED) is 0.337. The molecule has 2 aromatic rings. The smallest absolute Gasteiger partial charge is 0.194 e. The first-order chi connectivity index (χ1) is 12.2. The van der Waals surface area contributed by atoms with Gasteiger partial charge in [-0.1, -0.05) is 5.16 Å². The summed E-state index contributed by atoms with van der Waals surface area (Å²) < 4.78 is 6.09. The van der Waals surface area contributed by atoms with Crippen LogP contribution in [-0.4, -0.2) is 60.2 Å². The van der Waals surface area contributed by atoms with E-state index in [4.69, 9.17) is 9.52 Å². The standard InChI is InChI=1S/C17H24BrN5OS.HI/c1-2-19-17(20-7-5-15-3-4-16(18)25-15)23-10-8-22(9-11-23)13-14-6-12-24-21-14;/h3-4,6,12H,2,5,7-11,13H2,1H3,(H,19,20);1H. The van der Waals surface area contributed by atoms with Gasteiger partial charge in [0.2, 0.25) is 0 Å². The molecule has 0 saturated carbocycles. The van der Waals surface area contributed by atoms with Crippen LogP contribution < -0.4 is 5.32 Å². The summed E-state index contributed by atoms with van der Waals surface area (Å²) in [4.78, 5) is 10.9. The van der Waals surface area contributed by atoms with Crippen molar-refractivity contribution in [1.29, 1.82) is 0 Å². The maximum absolute atomic E-state index is 4.91. The van der Waals surface area contributed by atoms with E-state index in [-0.39, 0.29) is 24.0 Å². The van der Waals surface area contributed by atoms with Crippen LogP contribution in [0.3, 0.4) is 0 Å². The van der Waals surface area contributed by atoms with Crippen LogP contribution in [0.2, 0.25) is 0 Å². The third-order valence-corrected chi connectivity index (χ3v) is 5.82. The topological polar surface area (TPSA) is 56.9 Å². The lowest BCUT2D eigenvalue weighted by atomic mass is 10.3. The summed E-state index contributed by atoms with van der Waals surface area (Å²) in [5.41, 5.74) is 0.996. The number of rotatable bonds is 6. The molecule has 2 aromatic heterocycles. The molecule has 0 bridgehead atoms. The molecule has 1 saturated heterocycles. The number of aliphatic imine (C=N–C) groups is 1. The van der Waals surface area contributed by atoms with Crippen LogP contribution in [0.1, 0.15) is 17.5 Å². The first-order valence-electron chi connectivity index (χ1n) is 8.63. The van der Waals surface area contributed by atoms with E-state index in [2.05, 4.69) is 55.3 Å². The van der Waals surface area contributed by atoms with E-state index in [0.717, 1.165) is 63.9 Å². The number of hydrogen-bond acceptors (Lipinski definition) is 5. The molecule has 26 heavy (non-hydrogen) atoms. The number of guanidine groups is 1. The molecular weight excluding hydrogens is 529 g/mol. The van der Waals surface area contributed by atoms with E-state index in [1.54, 1.807) is 17.6 Å². The van der Waals surface area contributed by atoms with Gasteiger partial charge in [0.25, 0.3) is 0 Å². The van der Waals surface area contributed by atoms with Crippen LogP contribution in [0.5, 0.6) is 0 Å². The van der Waals surface area contributed by atoms with Crippen molar-refractivity contribution in [1.82, 2.24) is 20.3 Å². The average Bonchev–Trinajstić information content (AvgIpc) is 3.27. The Morgan fingerprint density at radius 2 is 2.12 bits per heavy atom. The summed E-state index contributed by atoms with van der Waals surface area (Å²) in [5.74, 6) is 1.03. The Hall–Kier alpha value is -0.650. The van der Waals surface area contributed by atoms with Crippen molar-refractivity contribution >= 4 is 57.2 Å². The number of aromatic nitrogens is 1. The molecule has 0 aliphatic carbocycles. The van der Waals surface area contributed by atoms with Gasteiger partial charge in [-0.2, -0.15) is 0 Å². The van der Waals surface area contributed by atoms with Gasteiger partial charge in [0.15, 0.2) is 5.96 Å². The highest BCUT2D eigenvalue weighted by atomic mass is 127. The van der Waals surface area contributed by atoms with Gasteiger partial charge in [-0.15, -0.1) is 35.3 Å². The second-order valence-electron chi connectivity index (χ2n) is 5.95. The molecule has 0 amide bonds. The van der Waals surface area contributed by atoms with Crippen molar-refractivity contribution in [2.24, 2.45) is 4.99 Å². The number of nitrogens with one attached hydrogen (secondary N) is 1. The molecule has 3 heterocycles. The average molecular weight is 554 g/mol. The summed E-state index contributed by atoms with van der Waals surface area (Å²) >= 11 is 5.30. The molecule has 144 valence electrons. The van der Waals surface area contributed by atoms with Gasteiger partial charge in [-0.25, -0.2) is 0 Å². The van der Waals surface area contributed by atoms with Gasteiger partial charge in [-0.3, -0.25) is 9.89 Å². The lowest BCUT2D eigenvalue weighted by molar-refractivity contribution is 0.169. The summed E-state index contributed by atoms with van der Waals surface area (Å²) in [5, 5.41) is 7.42. The van der Waals surface area contributed by atoms with Crippen molar-refractivity contribution in [2.45, 2.75) is 19.9 Å². The van der Waals surface area contributed by atoms with Gasteiger partial charge >= 0.3 is 0 Å². The Kier molecular flexibility index (Phi) is 9.37. The maximum atomic E-state index is 4.91. The van der Waals surface area contributed by atoms with E-state index >= 15 is 0 Å². The molecule has 1 aliphatic rings. The first-order valence-corrected chi connectivity index (χ1v) is 10.2. The van der Waals surface area contributed by atoms with Crippen LogP contribution in [0.4, 0.5) is 0 Å². The van der Waals surface area contributed by atoms with Crippen molar-refractivity contribution in [3.05, 3.63) is 38.8 Å². The molecule has 1 N–H and O–H groups in total.